The van der Waals surface area contributed by atoms with Crippen molar-refractivity contribution in [1.82, 2.24) is 19.9 Å². The fraction of sp³-hybridized carbons (Fsp3) is 0. The van der Waals surface area contributed by atoms with Crippen LogP contribution in [0, 0.1) is 0 Å². The van der Waals surface area contributed by atoms with E-state index in [0.29, 0.717) is 0 Å². The normalized spacial score (nSPS) is 11.5. The standard InChI is InChI=1S/C22H17N4P/c1-5-13-23-18(9-1)17-20(19-10-2-6-14-24-19)27(21-11-3-7-15-25-21)22-12-4-8-16-26-22/h1-17H. The second kappa shape index (κ2) is 8.43. The molecule has 0 spiro atoms. The van der Waals surface area contributed by atoms with Crippen LogP contribution in [0.25, 0.3) is 11.4 Å². The lowest BCUT2D eigenvalue weighted by atomic mass is 10.2. The summed E-state index contributed by atoms with van der Waals surface area (Å²) in [4.78, 5) is 18.4. The van der Waals surface area contributed by atoms with E-state index in [1.165, 1.54) is 0 Å². The van der Waals surface area contributed by atoms with Crippen molar-refractivity contribution in [1.29, 1.82) is 0 Å². The van der Waals surface area contributed by atoms with Crippen LogP contribution in [0.2, 0.25) is 0 Å². The third-order valence-electron chi connectivity index (χ3n) is 3.90. The number of nitrogens with zero attached hydrogens (tertiary/aromatic N) is 4. The molecule has 27 heavy (non-hydrogen) atoms. The number of hydrogen-bond donors (Lipinski definition) is 0. The van der Waals surface area contributed by atoms with Crippen molar-refractivity contribution in [3.63, 3.8) is 0 Å². The summed E-state index contributed by atoms with van der Waals surface area (Å²) in [5.41, 5.74) is 3.76. The van der Waals surface area contributed by atoms with E-state index in [4.69, 9.17) is 0 Å². The average Bonchev–Trinajstić information content (AvgIpc) is 2.76. The molecule has 0 radical (unpaired) electrons. The molecular weight excluding hydrogens is 351 g/mol. The van der Waals surface area contributed by atoms with Crippen LogP contribution in [0.15, 0.2) is 97.6 Å². The van der Waals surface area contributed by atoms with Crippen LogP contribution >= 0.6 is 7.92 Å². The Morgan fingerprint density at radius 2 is 1.15 bits per heavy atom. The van der Waals surface area contributed by atoms with Gasteiger partial charge in [0.1, 0.15) is 0 Å². The fourth-order valence-corrected chi connectivity index (χ4v) is 4.89. The van der Waals surface area contributed by atoms with Crippen LogP contribution in [0.5, 0.6) is 0 Å². The van der Waals surface area contributed by atoms with Gasteiger partial charge in [-0.3, -0.25) is 19.9 Å². The first kappa shape index (κ1) is 17.2. The molecule has 0 N–H and O–H groups in total. The lowest BCUT2D eigenvalue weighted by Crippen LogP contribution is -2.18. The molecule has 0 aliphatic carbocycles. The molecule has 5 heteroatoms. The maximum Gasteiger partial charge on any atom is 0.0737 e. The lowest BCUT2D eigenvalue weighted by Gasteiger charge is -2.20. The fourth-order valence-electron chi connectivity index (χ4n) is 2.70. The predicted octanol–water partition coefficient (Wildman–Crippen LogP) is 3.90. The molecule has 0 amide bonds. The topological polar surface area (TPSA) is 51.6 Å². The summed E-state index contributed by atoms with van der Waals surface area (Å²) in [5, 5.41) is 1.07. The van der Waals surface area contributed by atoms with Crippen molar-refractivity contribution in [2.45, 2.75) is 0 Å². The Kier molecular flexibility index (Phi) is 5.37. The first-order chi connectivity index (χ1) is 13.4. The summed E-state index contributed by atoms with van der Waals surface area (Å²) in [5.74, 6) is 0. The molecule has 0 unspecified atom stereocenters. The number of hydrogen-bond acceptors (Lipinski definition) is 4. The highest BCUT2D eigenvalue weighted by molar-refractivity contribution is 7.82. The number of rotatable bonds is 5. The summed E-state index contributed by atoms with van der Waals surface area (Å²) in [6.45, 7) is 0. The lowest BCUT2D eigenvalue weighted by molar-refractivity contribution is 1.28. The first-order valence-corrected chi connectivity index (χ1v) is 9.92. The summed E-state index contributed by atoms with van der Waals surface area (Å²) in [6, 6.07) is 23.8. The van der Waals surface area contributed by atoms with Crippen LogP contribution < -0.4 is 10.9 Å². The zero-order chi connectivity index (χ0) is 18.3. The molecule has 0 saturated heterocycles. The third-order valence-corrected chi connectivity index (χ3v) is 6.18. The van der Waals surface area contributed by atoms with Gasteiger partial charge in [0.25, 0.3) is 0 Å². The van der Waals surface area contributed by atoms with E-state index < -0.39 is 7.92 Å². The summed E-state index contributed by atoms with van der Waals surface area (Å²) in [6.07, 6.45) is 9.35. The van der Waals surface area contributed by atoms with Crippen LogP contribution in [0.3, 0.4) is 0 Å². The van der Waals surface area contributed by atoms with Gasteiger partial charge >= 0.3 is 0 Å². The number of aromatic nitrogens is 4. The van der Waals surface area contributed by atoms with Gasteiger partial charge in [-0.1, -0.05) is 24.3 Å². The van der Waals surface area contributed by atoms with E-state index in [1.807, 2.05) is 79.3 Å². The van der Waals surface area contributed by atoms with Crippen molar-refractivity contribution in [3.05, 3.63) is 109 Å². The third kappa shape index (κ3) is 4.13. The minimum Gasteiger partial charge on any atom is -0.257 e. The highest BCUT2D eigenvalue weighted by Gasteiger charge is 2.23. The van der Waals surface area contributed by atoms with E-state index in [9.17, 15) is 0 Å². The predicted molar refractivity (Wildman–Crippen MR) is 111 cm³/mol. The maximum absolute atomic E-state index is 4.64. The first-order valence-electron chi connectivity index (χ1n) is 8.58. The van der Waals surface area contributed by atoms with Crippen LogP contribution in [0.4, 0.5) is 0 Å². The molecule has 4 rings (SSSR count). The maximum atomic E-state index is 4.64. The quantitative estimate of drug-likeness (QED) is 0.502. The van der Waals surface area contributed by atoms with Gasteiger partial charge in [-0.25, -0.2) is 0 Å². The van der Waals surface area contributed by atoms with Gasteiger partial charge < -0.3 is 0 Å². The molecule has 4 aromatic rings. The molecule has 4 heterocycles. The Bertz CT molecular complexity index is 968. The van der Waals surface area contributed by atoms with Gasteiger partial charge in [0.05, 0.1) is 22.3 Å². The largest absolute Gasteiger partial charge is 0.257 e. The molecule has 0 aliphatic heterocycles. The molecule has 0 aliphatic rings. The Morgan fingerprint density at radius 3 is 1.63 bits per heavy atom. The highest BCUT2D eigenvalue weighted by Crippen LogP contribution is 2.47. The smallest absolute Gasteiger partial charge is 0.0737 e. The van der Waals surface area contributed by atoms with Gasteiger partial charge in [-0.2, -0.15) is 0 Å². The van der Waals surface area contributed by atoms with Gasteiger partial charge in [-0.15, -0.1) is 0 Å². The number of pyridine rings is 4. The minimum absolute atomic E-state index is 0.887. The van der Waals surface area contributed by atoms with E-state index in [2.05, 4.69) is 38.1 Å². The zero-order valence-corrected chi connectivity index (χ0v) is 15.4. The van der Waals surface area contributed by atoms with E-state index in [-0.39, 0.29) is 0 Å². The summed E-state index contributed by atoms with van der Waals surface area (Å²) in [7, 11) is -0.978. The SMILES string of the molecule is C(=C(c1ccccn1)P(c1ccccn1)c1ccccn1)c1ccccn1. The second-order valence-electron chi connectivity index (χ2n) is 5.71. The van der Waals surface area contributed by atoms with Crippen molar-refractivity contribution in [2.75, 3.05) is 0 Å². The van der Waals surface area contributed by atoms with Crippen molar-refractivity contribution in [3.8, 4) is 0 Å². The molecule has 4 nitrogen and oxygen atoms in total. The highest BCUT2D eigenvalue weighted by atomic mass is 31.1. The molecule has 0 aromatic carbocycles. The van der Waals surface area contributed by atoms with E-state index in [1.54, 1.807) is 6.20 Å². The molecule has 0 bridgehead atoms. The molecular formula is C22H17N4P. The Hall–Kier alpha value is -3.23. The zero-order valence-electron chi connectivity index (χ0n) is 14.6. The summed E-state index contributed by atoms with van der Waals surface area (Å²) < 4.78 is 0. The molecule has 0 atom stereocenters. The van der Waals surface area contributed by atoms with Gasteiger partial charge in [0, 0.05) is 38.0 Å². The Morgan fingerprint density at radius 1 is 0.593 bits per heavy atom. The van der Waals surface area contributed by atoms with Crippen LogP contribution in [-0.2, 0) is 0 Å². The molecule has 130 valence electrons. The van der Waals surface area contributed by atoms with E-state index in [0.717, 1.165) is 27.6 Å². The van der Waals surface area contributed by atoms with Gasteiger partial charge in [0.15, 0.2) is 0 Å². The monoisotopic (exact) mass is 368 g/mol. The summed E-state index contributed by atoms with van der Waals surface area (Å²) >= 11 is 0. The van der Waals surface area contributed by atoms with E-state index >= 15 is 0 Å². The molecule has 4 aromatic heterocycles. The van der Waals surface area contributed by atoms with Crippen molar-refractivity contribution in [2.24, 2.45) is 0 Å². The minimum atomic E-state index is -0.978. The Labute approximate surface area is 159 Å². The van der Waals surface area contributed by atoms with Crippen LogP contribution in [0.1, 0.15) is 11.4 Å². The Balaban J connectivity index is 1.93. The van der Waals surface area contributed by atoms with Crippen molar-refractivity contribution >= 4 is 30.2 Å². The van der Waals surface area contributed by atoms with Crippen LogP contribution in [-0.4, -0.2) is 19.9 Å². The second-order valence-corrected chi connectivity index (χ2v) is 7.78. The average molecular weight is 368 g/mol. The van der Waals surface area contributed by atoms with Crippen molar-refractivity contribution < 1.29 is 0 Å². The van der Waals surface area contributed by atoms with Gasteiger partial charge in [0.2, 0.25) is 0 Å². The molecule has 0 saturated carbocycles. The molecule has 0 fully saturated rings. The van der Waals surface area contributed by atoms with Gasteiger partial charge in [-0.05, 0) is 54.6 Å².